The Morgan fingerprint density at radius 3 is 2.69 bits per heavy atom. The van der Waals surface area contributed by atoms with E-state index >= 15 is 0 Å². The van der Waals surface area contributed by atoms with Gasteiger partial charge in [-0.15, -0.1) is 0 Å². The summed E-state index contributed by atoms with van der Waals surface area (Å²) >= 11 is 3.03. The van der Waals surface area contributed by atoms with Crippen molar-refractivity contribution >= 4 is 28.1 Å². The fourth-order valence-corrected chi connectivity index (χ4v) is 2.51. The predicted molar refractivity (Wildman–Crippen MR) is 90.6 cm³/mol. The molecule has 3 aromatic rings. The van der Waals surface area contributed by atoms with E-state index in [0.29, 0.717) is 4.47 Å². The van der Waals surface area contributed by atoms with E-state index in [-0.39, 0.29) is 22.8 Å². The lowest BCUT2D eigenvalue weighted by atomic mass is 10.1. The molecule has 0 aliphatic heterocycles. The van der Waals surface area contributed by atoms with Crippen molar-refractivity contribution in [3.8, 4) is 11.3 Å². The van der Waals surface area contributed by atoms with Crippen LogP contribution in [-0.4, -0.2) is 12.1 Å². The zero-order chi connectivity index (χ0) is 18.7. The van der Waals surface area contributed by atoms with Crippen molar-refractivity contribution in [2.45, 2.75) is 6.18 Å². The van der Waals surface area contributed by atoms with Crippen molar-refractivity contribution in [2.75, 3.05) is 0 Å². The lowest BCUT2D eigenvalue weighted by molar-refractivity contribution is -0.137. The lowest BCUT2D eigenvalue weighted by Crippen LogP contribution is -2.16. The summed E-state index contributed by atoms with van der Waals surface area (Å²) in [6, 6.07) is 9.63. The van der Waals surface area contributed by atoms with E-state index in [1.165, 1.54) is 42.8 Å². The van der Waals surface area contributed by atoms with Gasteiger partial charge in [-0.1, -0.05) is 15.9 Å². The Balaban J connectivity index is 1.78. The third-order valence-corrected chi connectivity index (χ3v) is 3.78. The van der Waals surface area contributed by atoms with Crippen LogP contribution in [0.5, 0.6) is 0 Å². The van der Waals surface area contributed by atoms with Crippen LogP contribution in [-0.2, 0) is 6.18 Å². The smallest absolute Gasteiger partial charge is 0.417 e. The van der Waals surface area contributed by atoms with Gasteiger partial charge in [0.15, 0.2) is 5.76 Å². The van der Waals surface area contributed by atoms with Crippen LogP contribution in [0, 0.1) is 0 Å². The second-order valence-corrected chi connectivity index (χ2v) is 5.98. The molecule has 0 saturated carbocycles. The van der Waals surface area contributed by atoms with Crippen molar-refractivity contribution in [1.82, 2.24) is 5.43 Å². The molecule has 0 fully saturated rings. The van der Waals surface area contributed by atoms with Gasteiger partial charge in [-0.3, -0.25) is 4.79 Å². The molecular formula is C17H10BrF3N2O3. The summed E-state index contributed by atoms with van der Waals surface area (Å²) in [5.41, 5.74) is 1.30. The van der Waals surface area contributed by atoms with Crippen LogP contribution in [0.4, 0.5) is 13.2 Å². The van der Waals surface area contributed by atoms with Crippen molar-refractivity contribution in [1.29, 1.82) is 0 Å². The van der Waals surface area contributed by atoms with Gasteiger partial charge in [-0.25, -0.2) is 5.43 Å². The van der Waals surface area contributed by atoms with Crippen molar-refractivity contribution in [2.24, 2.45) is 5.10 Å². The van der Waals surface area contributed by atoms with Gasteiger partial charge in [-0.05, 0) is 42.5 Å². The summed E-state index contributed by atoms with van der Waals surface area (Å²) in [7, 11) is 0. The molecule has 134 valence electrons. The number of hydrogen-bond acceptors (Lipinski definition) is 4. The lowest BCUT2D eigenvalue weighted by Gasteiger charge is -2.11. The quantitative estimate of drug-likeness (QED) is 0.466. The number of hydrogen-bond donors (Lipinski definition) is 1. The number of alkyl halides is 3. The van der Waals surface area contributed by atoms with E-state index in [4.69, 9.17) is 8.83 Å². The number of nitrogens with zero attached hydrogens (tertiary/aromatic N) is 1. The van der Waals surface area contributed by atoms with Crippen LogP contribution < -0.4 is 5.43 Å². The van der Waals surface area contributed by atoms with Crippen LogP contribution >= 0.6 is 15.9 Å². The predicted octanol–water partition coefficient (Wildman–Crippen LogP) is 5.08. The van der Waals surface area contributed by atoms with Gasteiger partial charge in [0.05, 0.1) is 18.0 Å². The Morgan fingerprint density at radius 2 is 2.00 bits per heavy atom. The summed E-state index contributed by atoms with van der Waals surface area (Å²) in [6.07, 6.45) is -2.01. The van der Waals surface area contributed by atoms with Crippen molar-refractivity contribution in [3.63, 3.8) is 0 Å². The zero-order valence-electron chi connectivity index (χ0n) is 12.9. The number of halogens is 4. The molecule has 2 aromatic heterocycles. The number of carbonyl (C=O) groups is 1. The van der Waals surface area contributed by atoms with E-state index in [1.807, 2.05) is 0 Å². The van der Waals surface area contributed by atoms with Crippen molar-refractivity contribution < 1.29 is 26.8 Å². The number of nitrogens with one attached hydrogen (secondary N) is 1. The standard InChI is InChI=1S/C17H10BrF3N2O3/c18-10-3-5-12(13(8-10)17(19,20)21)14-6-4-11(26-14)9-22-23-16(24)15-2-1-7-25-15/h1-9H,(H,23,24)/b22-9+. The van der Waals surface area contributed by atoms with E-state index in [9.17, 15) is 18.0 Å². The van der Waals surface area contributed by atoms with Crippen LogP contribution in [0.25, 0.3) is 11.3 Å². The number of amides is 1. The number of benzene rings is 1. The van der Waals surface area contributed by atoms with E-state index in [0.717, 1.165) is 6.07 Å². The van der Waals surface area contributed by atoms with Crippen LogP contribution in [0.1, 0.15) is 21.9 Å². The van der Waals surface area contributed by atoms with Crippen LogP contribution in [0.15, 0.2) is 67.1 Å². The van der Waals surface area contributed by atoms with Crippen molar-refractivity contribution in [3.05, 3.63) is 70.3 Å². The Hall–Kier alpha value is -2.81. The average Bonchev–Trinajstić information content (AvgIpc) is 3.25. The van der Waals surface area contributed by atoms with Gasteiger partial charge >= 0.3 is 12.1 Å². The van der Waals surface area contributed by atoms with Crippen LogP contribution in [0.3, 0.4) is 0 Å². The van der Waals surface area contributed by atoms with E-state index < -0.39 is 17.6 Å². The number of hydrazone groups is 1. The molecular weight excluding hydrogens is 417 g/mol. The minimum atomic E-state index is -4.53. The van der Waals surface area contributed by atoms with Gasteiger partial charge in [-0.2, -0.15) is 18.3 Å². The maximum absolute atomic E-state index is 13.2. The Kier molecular flexibility index (Phi) is 4.99. The zero-order valence-corrected chi connectivity index (χ0v) is 14.5. The molecule has 0 radical (unpaired) electrons. The highest BCUT2D eigenvalue weighted by molar-refractivity contribution is 9.10. The largest absolute Gasteiger partial charge is 0.459 e. The summed E-state index contributed by atoms with van der Waals surface area (Å²) in [5.74, 6) is -0.281. The molecule has 9 heteroatoms. The molecule has 1 aromatic carbocycles. The van der Waals surface area contributed by atoms with Gasteiger partial charge in [0.1, 0.15) is 11.5 Å². The molecule has 0 aliphatic rings. The Bertz CT molecular complexity index is 947. The molecule has 26 heavy (non-hydrogen) atoms. The molecule has 0 bridgehead atoms. The van der Waals surface area contributed by atoms with E-state index in [2.05, 4.69) is 26.5 Å². The summed E-state index contributed by atoms with van der Waals surface area (Å²) < 4.78 is 50.2. The fraction of sp³-hybridized carbons (Fsp3) is 0.0588. The molecule has 1 amide bonds. The SMILES string of the molecule is O=C(N/N=C/c1ccc(-c2ccc(Br)cc2C(F)(F)F)o1)c1ccco1. The molecule has 0 aliphatic carbocycles. The third kappa shape index (κ3) is 4.05. The second kappa shape index (κ2) is 7.20. The molecule has 5 nitrogen and oxygen atoms in total. The third-order valence-electron chi connectivity index (χ3n) is 3.28. The molecule has 3 rings (SSSR count). The highest BCUT2D eigenvalue weighted by Crippen LogP contribution is 2.39. The first-order valence-electron chi connectivity index (χ1n) is 7.18. The molecule has 1 N–H and O–H groups in total. The summed E-state index contributed by atoms with van der Waals surface area (Å²) in [4.78, 5) is 11.6. The first kappa shape index (κ1) is 18.0. The highest BCUT2D eigenvalue weighted by Gasteiger charge is 2.34. The first-order chi connectivity index (χ1) is 12.3. The van der Waals surface area contributed by atoms with Gasteiger partial charge in [0.2, 0.25) is 0 Å². The maximum atomic E-state index is 13.2. The monoisotopic (exact) mass is 426 g/mol. The Morgan fingerprint density at radius 1 is 1.19 bits per heavy atom. The maximum Gasteiger partial charge on any atom is 0.417 e. The highest BCUT2D eigenvalue weighted by atomic mass is 79.9. The molecule has 2 heterocycles. The first-order valence-corrected chi connectivity index (χ1v) is 7.98. The summed E-state index contributed by atoms with van der Waals surface area (Å²) in [5, 5.41) is 3.68. The van der Waals surface area contributed by atoms with Gasteiger partial charge in [0, 0.05) is 10.0 Å². The Labute approximate surface area is 153 Å². The number of furan rings is 2. The normalized spacial score (nSPS) is 11.8. The average molecular weight is 427 g/mol. The van der Waals surface area contributed by atoms with Gasteiger partial charge in [0.25, 0.3) is 0 Å². The number of rotatable bonds is 4. The second-order valence-electron chi connectivity index (χ2n) is 5.07. The van der Waals surface area contributed by atoms with Gasteiger partial charge < -0.3 is 8.83 Å². The van der Waals surface area contributed by atoms with E-state index in [1.54, 1.807) is 6.07 Å². The molecule has 0 saturated heterocycles. The molecule has 0 unspecified atom stereocenters. The van der Waals surface area contributed by atoms with Crippen LogP contribution in [0.2, 0.25) is 0 Å². The minimum absolute atomic E-state index is 0.0311. The summed E-state index contributed by atoms with van der Waals surface area (Å²) in [6.45, 7) is 0. The minimum Gasteiger partial charge on any atom is -0.459 e. The topological polar surface area (TPSA) is 67.7 Å². The fourth-order valence-electron chi connectivity index (χ4n) is 2.15. The molecule has 0 atom stereocenters. The molecule has 0 spiro atoms. The number of carbonyl (C=O) groups excluding carboxylic acids is 1.